The standard InChI is InChI=1S/C19H17ClN2O4/c20-13-7-8-15(14(10-13)19(24)25)22-18(23)12-5-3-11(4-6-12)17(21)16-2-1-9-26-16/h3-8,10,16,21H,1-2,9H2,(H,22,23)(H,24,25). The Morgan fingerprint density at radius 1 is 1.15 bits per heavy atom. The van der Waals surface area contributed by atoms with E-state index in [1.54, 1.807) is 24.3 Å². The zero-order valence-electron chi connectivity index (χ0n) is 13.8. The minimum Gasteiger partial charge on any atom is -0.478 e. The summed E-state index contributed by atoms with van der Waals surface area (Å²) in [7, 11) is 0. The zero-order chi connectivity index (χ0) is 18.7. The second-order valence-corrected chi connectivity index (χ2v) is 6.38. The van der Waals surface area contributed by atoms with Crippen molar-refractivity contribution >= 4 is 34.9 Å². The highest BCUT2D eigenvalue weighted by Gasteiger charge is 2.22. The van der Waals surface area contributed by atoms with E-state index in [0.717, 1.165) is 12.8 Å². The van der Waals surface area contributed by atoms with Crippen molar-refractivity contribution in [3.63, 3.8) is 0 Å². The molecule has 2 aromatic rings. The van der Waals surface area contributed by atoms with E-state index in [9.17, 15) is 14.7 Å². The topological polar surface area (TPSA) is 99.5 Å². The van der Waals surface area contributed by atoms with Crippen LogP contribution in [0.25, 0.3) is 0 Å². The van der Waals surface area contributed by atoms with Crippen LogP contribution in [0.3, 0.4) is 0 Å². The SMILES string of the molecule is N=C(c1ccc(C(=O)Nc2ccc(Cl)cc2C(=O)O)cc1)C1CCCO1. The van der Waals surface area contributed by atoms with E-state index < -0.39 is 11.9 Å². The van der Waals surface area contributed by atoms with Gasteiger partial charge < -0.3 is 20.6 Å². The van der Waals surface area contributed by atoms with Gasteiger partial charge in [-0.15, -0.1) is 0 Å². The van der Waals surface area contributed by atoms with Crippen molar-refractivity contribution in [1.29, 1.82) is 5.41 Å². The minimum atomic E-state index is -1.18. The van der Waals surface area contributed by atoms with E-state index in [2.05, 4.69) is 5.32 Å². The molecule has 26 heavy (non-hydrogen) atoms. The van der Waals surface area contributed by atoms with Gasteiger partial charge in [0.1, 0.15) is 0 Å². The highest BCUT2D eigenvalue weighted by atomic mass is 35.5. The maximum atomic E-state index is 12.4. The Bertz CT molecular complexity index is 858. The normalized spacial score (nSPS) is 16.3. The zero-order valence-corrected chi connectivity index (χ0v) is 14.5. The predicted octanol–water partition coefficient (Wildman–Crippen LogP) is 3.84. The molecule has 0 aromatic heterocycles. The lowest BCUT2D eigenvalue weighted by molar-refractivity contribution is 0.0698. The molecule has 0 saturated carbocycles. The summed E-state index contributed by atoms with van der Waals surface area (Å²) in [4.78, 5) is 23.7. The van der Waals surface area contributed by atoms with Crippen LogP contribution >= 0.6 is 11.6 Å². The van der Waals surface area contributed by atoms with Gasteiger partial charge in [-0.3, -0.25) is 4.79 Å². The molecule has 6 nitrogen and oxygen atoms in total. The van der Waals surface area contributed by atoms with Crippen LogP contribution in [-0.2, 0) is 4.74 Å². The molecule has 0 bridgehead atoms. The number of benzene rings is 2. The van der Waals surface area contributed by atoms with Gasteiger partial charge in [0.25, 0.3) is 5.91 Å². The van der Waals surface area contributed by atoms with Gasteiger partial charge >= 0.3 is 5.97 Å². The van der Waals surface area contributed by atoms with Gasteiger partial charge in [0.2, 0.25) is 0 Å². The van der Waals surface area contributed by atoms with Gasteiger partial charge in [0.15, 0.2) is 0 Å². The van der Waals surface area contributed by atoms with Crippen molar-refractivity contribution in [3.8, 4) is 0 Å². The summed E-state index contributed by atoms with van der Waals surface area (Å²) in [5.41, 5.74) is 1.55. The average molecular weight is 373 g/mol. The first-order chi connectivity index (χ1) is 12.5. The number of anilines is 1. The number of rotatable bonds is 5. The van der Waals surface area contributed by atoms with Crippen molar-refractivity contribution in [2.75, 3.05) is 11.9 Å². The van der Waals surface area contributed by atoms with Gasteiger partial charge in [-0.2, -0.15) is 0 Å². The molecule has 1 aliphatic heterocycles. The number of carboxylic acids is 1. The summed E-state index contributed by atoms with van der Waals surface area (Å²) < 4.78 is 5.50. The van der Waals surface area contributed by atoms with E-state index in [-0.39, 0.29) is 22.4 Å². The fraction of sp³-hybridized carbons (Fsp3) is 0.211. The first kappa shape index (κ1) is 18.1. The molecule has 3 rings (SSSR count). The van der Waals surface area contributed by atoms with E-state index >= 15 is 0 Å². The molecule has 1 heterocycles. The van der Waals surface area contributed by atoms with Crippen LogP contribution in [0.2, 0.25) is 5.02 Å². The first-order valence-electron chi connectivity index (χ1n) is 8.10. The lowest BCUT2D eigenvalue weighted by atomic mass is 10.0. The highest BCUT2D eigenvalue weighted by Crippen LogP contribution is 2.22. The molecule has 0 spiro atoms. The summed E-state index contributed by atoms with van der Waals surface area (Å²) in [6.07, 6.45) is 1.58. The lowest BCUT2D eigenvalue weighted by Gasteiger charge is -2.12. The second-order valence-electron chi connectivity index (χ2n) is 5.94. The Morgan fingerprint density at radius 3 is 2.46 bits per heavy atom. The number of carbonyl (C=O) groups excluding carboxylic acids is 1. The van der Waals surface area contributed by atoms with Gasteiger partial charge in [-0.1, -0.05) is 23.7 Å². The fourth-order valence-corrected chi connectivity index (χ4v) is 2.96. The van der Waals surface area contributed by atoms with Gasteiger partial charge in [-0.25, -0.2) is 4.79 Å². The third kappa shape index (κ3) is 3.92. The molecule has 1 unspecified atom stereocenters. The third-order valence-corrected chi connectivity index (χ3v) is 4.41. The number of hydrogen-bond acceptors (Lipinski definition) is 4. The molecular formula is C19H17ClN2O4. The number of ether oxygens (including phenoxy) is 1. The van der Waals surface area contributed by atoms with Crippen LogP contribution in [0.4, 0.5) is 5.69 Å². The minimum absolute atomic E-state index is 0.0809. The molecule has 7 heteroatoms. The summed E-state index contributed by atoms with van der Waals surface area (Å²) >= 11 is 5.81. The molecule has 134 valence electrons. The van der Waals surface area contributed by atoms with Crippen LogP contribution in [-0.4, -0.2) is 35.4 Å². The Balaban J connectivity index is 1.74. The molecule has 1 amide bonds. The number of carboxylic acid groups (broad SMARTS) is 1. The summed E-state index contributed by atoms with van der Waals surface area (Å²) in [6, 6.07) is 10.8. The number of halogens is 1. The number of hydrogen-bond donors (Lipinski definition) is 3. The van der Waals surface area contributed by atoms with Crippen molar-refractivity contribution in [3.05, 3.63) is 64.2 Å². The quantitative estimate of drug-likeness (QED) is 0.694. The molecule has 0 radical (unpaired) electrons. The van der Waals surface area contributed by atoms with E-state index in [1.165, 1.54) is 18.2 Å². The fourth-order valence-electron chi connectivity index (χ4n) is 2.79. The van der Waals surface area contributed by atoms with E-state index in [0.29, 0.717) is 23.4 Å². The number of carbonyl (C=O) groups is 2. The third-order valence-electron chi connectivity index (χ3n) is 4.17. The van der Waals surface area contributed by atoms with Crippen LogP contribution < -0.4 is 5.32 Å². The van der Waals surface area contributed by atoms with Crippen molar-refractivity contribution in [2.45, 2.75) is 18.9 Å². The molecule has 1 fully saturated rings. The summed E-state index contributed by atoms with van der Waals surface area (Å²) in [6.45, 7) is 0.667. The van der Waals surface area contributed by atoms with Crippen molar-refractivity contribution in [2.24, 2.45) is 0 Å². The molecule has 2 aromatic carbocycles. The van der Waals surface area contributed by atoms with Crippen LogP contribution in [0.15, 0.2) is 42.5 Å². The molecule has 1 saturated heterocycles. The first-order valence-corrected chi connectivity index (χ1v) is 8.48. The summed E-state index contributed by atoms with van der Waals surface area (Å²) in [5, 5.41) is 20.3. The predicted molar refractivity (Wildman–Crippen MR) is 98.6 cm³/mol. The lowest BCUT2D eigenvalue weighted by Crippen LogP contribution is -2.20. The Kier molecular flexibility index (Phi) is 5.35. The molecule has 1 atom stereocenters. The maximum absolute atomic E-state index is 12.4. The number of nitrogens with one attached hydrogen (secondary N) is 2. The molecule has 1 aliphatic rings. The number of amides is 1. The smallest absolute Gasteiger partial charge is 0.337 e. The largest absolute Gasteiger partial charge is 0.478 e. The van der Waals surface area contributed by atoms with Crippen LogP contribution in [0, 0.1) is 5.41 Å². The van der Waals surface area contributed by atoms with E-state index in [4.69, 9.17) is 21.7 Å². The second kappa shape index (κ2) is 7.68. The van der Waals surface area contributed by atoms with Crippen molar-refractivity contribution in [1.82, 2.24) is 0 Å². The van der Waals surface area contributed by atoms with Crippen molar-refractivity contribution < 1.29 is 19.4 Å². The summed E-state index contributed by atoms with van der Waals surface area (Å²) in [5.74, 6) is -1.62. The van der Waals surface area contributed by atoms with Crippen LogP contribution in [0.5, 0.6) is 0 Å². The monoisotopic (exact) mass is 372 g/mol. The Morgan fingerprint density at radius 2 is 1.85 bits per heavy atom. The Labute approximate surface area is 155 Å². The Hall–Kier alpha value is -2.70. The van der Waals surface area contributed by atoms with Gasteiger partial charge in [-0.05, 0) is 48.7 Å². The average Bonchev–Trinajstić information content (AvgIpc) is 3.17. The van der Waals surface area contributed by atoms with Gasteiger partial charge in [0, 0.05) is 17.2 Å². The molecule has 3 N–H and O–H groups in total. The molecule has 0 aliphatic carbocycles. The number of aromatic carboxylic acids is 1. The van der Waals surface area contributed by atoms with Gasteiger partial charge in [0.05, 0.1) is 23.1 Å². The maximum Gasteiger partial charge on any atom is 0.337 e. The van der Waals surface area contributed by atoms with Crippen LogP contribution in [0.1, 0.15) is 39.1 Å². The highest BCUT2D eigenvalue weighted by molar-refractivity contribution is 6.31. The van der Waals surface area contributed by atoms with E-state index in [1.807, 2.05) is 0 Å². The molecular weight excluding hydrogens is 356 g/mol.